The van der Waals surface area contributed by atoms with Crippen molar-refractivity contribution in [3.05, 3.63) is 42.2 Å². The largest absolute Gasteiger partial charge is 0.504 e. The normalized spacial score (nSPS) is 11.9. The van der Waals surface area contributed by atoms with Gasteiger partial charge < -0.3 is 23.8 Å². The van der Waals surface area contributed by atoms with Gasteiger partial charge >= 0.3 is 7.60 Å². The molecule has 1 N–H and O–H groups in total. The maximum Gasteiger partial charge on any atom is 0.350 e. The van der Waals surface area contributed by atoms with E-state index in [9.17, 15) is 9.67 Å². The Morgan fingerprint density at radius 1 is 1.13 bits per heavy atom. The lowest BCUT2D eigenvalue weighted by Crippen LogP contribution is -2.23. The second kappa shape index (κ2) is 10.8. The minimum atomic E-state index is -3.49. The van der Waals surface area contributed by atoms with Gasteiger partial charge in [0.1, 0.15) is 6.29 Å². The molecule has 1 aromatic heterocycles. The minimum Gasteiger partial charge on any atom is -0.504 e. The Balaban J connectivity index is 2.59. The molecule has 0 amide bonds. The van der Waals surface area contributed by atoms with Crippen molar-refractivity contribution in [1.82, 2.24) is 4.98 Å². The number of phenols is 1. The van der Waals surface area contributed by atoms with Gasteiger partial charge in [-0.2, -0.15) is 0 Å². The maximum atomic E-state index is 13.6. The van der Waals surface area contributed by atoms with Crippen molar-refractivity contribution in [3.8, 4) is 11.5 Å². The monoisotopic (exact) mass is 436 g/mol. The minimum absolute atomic E-state index is 0.00541. The van der Waals surface area contributed by atoms with Crippen LogP contribution in [-0.2, 0) is 20.0 Å². The first-order valence-corrected chi connectivity index (χ1v) is 11.9. The molecule has 0 atom stereocenters. The lowest BCUT2D eigenvalue weighted by atomic mass is 10.1. The number of nitrogens with zero attached hydrogens (tertiary/aromatic N) is 2. The highest BCUT2D eigenvalue weighted by Gasteiger charge is 2.32. The van der Waals surface area contributed by atoms with E-state index in [2.05, 4.69) is 4.98 Å². The number of methoxy groups -OCH3 is 1. The third-order valence-electron chi connectivity index (χ3n) is 4.20. The number of pyridine rings is 1. The topological polar surface area (TPSA) is 81.1 Å². The van der Waals surface area contributed by atoms with E-state index in [4.69, 9.17) is 13.8 Å². The molecule has 0 aliphatic heterocycles. The molecular weight excluding hydrogens is 403 g/mol. The third-order valence-corrected chi connectivity index (χ3v) is 6.32. The number of hydrogen-bond donors (Lipinski definition) is 1. The zero-order chi connectivity index (χ0) is 22.3. The Labute approximate surface area is 179 Å². The fourth-order valence-electron chi connectivity index (χ4n) is 3.15. The molecule has 0 spiro atoms. The number of aromatic nitrogens is 1. The van der Waals surface area contributed by atoms with Gasteiger partial charge in [0.05, 0.1) is 31.2 Å². The first-order valence-electron chi connectivity index (χ1n) is 10.2. The third kappa shape index (κ3) is 6.46. The quantitative estimate of drug-likeness (QED) is 0.440. The number of anilines is 2. The summed E-state index contributed by atoms with van der Waals surface area (Å²) in [6.45, 7) is 9.35. The van der Waals surface area contributed by atoms with E-state index in [1.165, 1.54) is 7.11 Å². The van der Waals surface area contributed by atoms with E-state index in [1.807, 2.05) is 57.7 Å². The number of rotatable bonds is 11. The van der Waals surface area contributed by atoms with Gasteiger partial charge in [-0.25, -0.2) is 0 Å². The van der Waals surface area contributed by atoms with Crippen molar-refractivity contribution in [2.75, 3.05) is 18.3 Å². The van der Waals surface area contributed by atoms with E-state index >= 15 is 0 Å². The molecule has 7 nitrogen and oxygen atoms in total. The lowest BCUT2D eigenvalue weighted by Gasteiger charge is -2.31. The van der Waals surface area contributed by atoms with Crippen molar-refractivity contribution in [3.63, 3.8) is 0 Å². The Morgan fingerprint density at radius 3 is 2.30 bits per heavy atom. The van der Waals surface area contributed by atoms with Gasteiger partial charge in [-0.05, 0) is 57.9 Å². The van der Waals surface area contributed by atoms with Crippen LogP contribution in [0.3, 0.4) is 0 Å². The molecule has 30 heavy (non-hydrogen) atoms. The molecule has 0 radical (unpaired) electrons. The lowest BCUT2D eigenvalue weighted by molar-refractivity contribution is 0.143. The van der Waals surface area contributed by atoms with Crippen LogP contribution in [0.4, 0.5) is 11.4 Å². The Morgan fingerprint density at radius 2 is 1.80 bits per heavy atom. The van der Waals surface area contributed by atoms with Crippen LogP contribution >= 0.6 is 7.60 Å². The molecule has 1 aromatic carbocycles. The number of ether oxygens (including phenoxy) is 1. The van der Waals surface area contributed by atoms with Crippen LogP contribution in [0.15, 0.2) is 36.7 Å². The summed E-state index contributed by atoms with van der Waals surface area (Å²) in [5.74, 6) is 0.475. The average molecular weight is 436 g/mol. The van der Waals surface area contributed by atoms with E-state index < -0.39 is 7.60 Å². The highest BCUT2D eigenvalue weighted by molar-refractivity contribution is 7.54. The highest BCUT2D eigenvalue weighted by atomic mass is 31.2. The summed E-state index contributed by atoms with van der Waals surface area (Å²) in [6.07, 6.45) is 4.36. The summed E-state index contributed by atoms with van der Waals surface area (Å²) in [6, 6.07) is 7.28. The van der Waals surface area contributed by atoms with Gasteiger partial charge in [0.15, 0.2) is 11.5 Å². The van der Waals surface area contributed by atoms with E-state index in [0.29, 0.717) is 17.9 Å². The van der Waals surface area contributed by atoms with Crippen molar-refractivity contribution in [2.45, 2.75) is 59.7 Å². The van der Waals surface area contributed by atoms with Crippen LogP contribution in [0.25, 0.3) is 0 Å². The predicted molar refractivity (Wildman–Crippen MR) is 120 cm³/mol. The van der Waals surface area contributed by atoms with Crippen LogP contribution < -0.4 is 9.64 Å². The molecule has 1 heterocycles. The summed E-state index contributed by atoms with van der Waals surface area (Å²) in [5.41, 5.74) is 2.19. The van der Waals surface area contributed by atoms with Crippen LogP contribution in [0.1, 0.15) is 46.6 Å². The van der Waals surface area contributed by atoms with Crippen molar-refractivity contribution >= 4 is 19.0 Å². The molecule has 2 rings (SSSR count). The Hall–Kier alpha value is -2.08. The summed E-state index contributed by atoms with van der Waals surface area (Å²) < 4.78 is 30.6. The number of aromatic hydroxyl groups is 1. The van der Waals surface area contributed by atoms with E-state index in [0.717, 1.165) is 17.7 Å². The molecule has 0 saturated heterocycles. The van der Waals surface area contributed by atoms with Crippen molar-refractivity contribution in [2.24, 2.45) is 0 Å². The summed E-state index contributed by atoms with van der Waals surface area (Å²) in [7, 11) is -1.98. The van der Waals surface area contributed by atoms with Crippen LogP contribution in [0, 0.1) is 0 Å². The second-order valence-corrected chi connectivity index (χ2v) is 9.53. The molecule has 0 saturated carbocycles. The zero-order valence-electron chi connectivity index (χ0n) is 18.7. The summed E-state index contributed by atoms with van der Waals surface area (Å²) in [4.78, 5) is 6.04. The van der Waals surface area contributed by atoms with E-state index in [1.54, 1.807) is 18.5 Å². The van der Waals surface area contributed by atoms with Crippen LogP contribution in [0.5, 0.6) is 11.5 Å². The molecule has 0 bridgehead atoms. The molecule has 8 heteroatoms. The fraction of sp³-hybridized carbons (Fsp3) is 0.500. The zero-order valence-corrected chi connectivity index (χ0v) is 19.6. The SMILES string of the molecule is CCCc1cc(N(CP(=O)(OC(C)C)OC(C)C)c2cccnc2)cc(OC)c1O. The van der Waals surface area contributed by atoms with Gasteiger partial charge in [-0.3, -0.25) is 9.55 Å². The van der Waals surface area contributed by atoms with Gasteiger partial charge in [0, 0.05) is 18.0 Å². The Bertz CT molecular complexity index is 844. The molecule has 0 unspecified atom stereocenters. The summed E-state index contributed by atoms with van der Waals surface area (Å²) >= 11 is 0. The first-order chi connectivity index (χ1) is 14.2. The van der Waals surface area contributed by atoms with E-state index in [-0.39, 0.29) is 24.2 Å². The van der Waals surface area contributed by atoms with Gasteiger partial charge in [-0.15, -0.1) is 0 Å². The molecule has 0 aliphatic rings. The molecule has 166 valence electrons. The molecular formula is C22H33N2O5P. The smallest absolute Gasteiger partial charge is 0.350 e. The Kier molecular flexibility index (Phi) is 8.71. The maximum absolute atomic E-state index is 13.6. The molecule has 2 aromatic rings. The number of aryl methyl sites for hydroxylation is 1. The van der Waals surface area contributed by atoms with Crippen molar-refractivity contribution in [1.29, 1.82) is 0 Å². The first kappa shape index (κ1) is 24.2. The van der Waals surface area contributed by atoms with Gasteiger partial charge in [-0.1, -0.05) is 13.3 Å². The second-order valence-electron chi connectivity index (χ2n) is 7.61. The van der Waals surface area contributed by atoms with Gasteiger partial charge in [0.2, 0.25) is 0 Å². The van der Waals surface area contributed by atoms with Crippen LogP contribution in [0.2, 0.25) is 0 Å². The number of phenolic OH excluding ortho intramolecular Hbond substituents is 1. The molecule has 0 aliphatic carbocycles. The van der Waals surface area contributed by atoms with Crippen LogP contribution in [-0.4, -0.2) is 35.7 Å². The predicted octanol–water partition coefficient (Wildman–Crippen LogP) is 5.89. The number of hydrogen-bond acceptors (Lipinski definition) is 7. The molecule has 0 fully saturated rings. The number of benzene rings is 1. The highest BCUT2D eigenvalue weighted by Crippen LogP contribution is 2.53. The van der Waals surface area contributed by atoms with Crippen molar-refractivity contribution < 1.29 is 23.5 Å². The van der Waals surface area contributed by atoms with Gasteiger partial charge in [0.25, 0.3) is 0 Å². The fourth-order valence-corrected chi connectivity index (χ4v) is 5.29. The standard InChI is InChI=1S/C22H33N2O5P/c1-7-9-18-12-20(13-21(27-6)22(18)25)24(19-10-8-11-23-14-19)15-30(26,28-16(2)3)29-17(4)5/h8,10-14,16-17,25H,7,9,15H2,1-6H3. The average Bonchev–Trinajstić information content (AvgIpc) is 2.67. The summed E-state index contributed by atoms with van der Waals surface area (Å²) in [5, 5.41) is 10.5.